The Morgan fingerprint density at radius 2 is 1.34 bits per heavy atom. The molecular formula is C25H36N2O5. The molecule has 0 radical (unpaired) electrons. The second kappa shape index (κ2) is 12.4. The Kier molecular flexibility index (Phi) is 9.31. The lowest BCUT2D eigenvalue weighted by Crippen LogP contribution is -2.30. The van der Waals surface area contributed by atoms with Crippen molar-refractivity contribution in [3.63, 3.8) is 0 Å². The minimum atomic E-state index is 0.609. The summed E-state index contributed by atoms with van der Waals surface area (Å²) in [6.45, 7) is 5.62. The number of fused-ring (bicyclic) bond motifs is 1. The lowest BCUT2D eigenvalue weighted by atomic mass is 10.0. The van der Waals surface area contributed by atoms with E-state index < -0.39 is 0 Å². The van der Waals surface area contributed by atoms with Crippen molar-refractivity contribution in [3.8, 4) is 28.7 Å². The van der Waals surface area contributed by atoms with Gasteiger partial charge in [0.15, 0.2) is 23.0 Å². The predicted molar refractivity (Wildman–Crippen MR) is 126 cm³/mol. The third-order valence-corrected chi connectivity index (χ3v) is 5.83. The zero-order chi connectivity index (χ0) is 22.8. The van der Waals surface area contributed by atoms with Crippen LogP contribution in [0.3, 0.4) is 0 Å². The number of nitrogens with one attached hydrogen (secondary N) is 1. The largest absolute Gasteiger partial charge is 0.493 e. The fourth-order valence-electron chi connectivity index (χ4n) is 4.02. The van der Waals surface area contributed by atoms with Crippen LogP contribution in [0.15, 0.2) is 30.3 Å². The van der Waals surface area contributed by atoms with Gasteiger partial charge in [0.05, 0.1) is 28.4 Å². The number of rotatable bonds is 12. The summed E-state index contributed by atoms with van der Waals surface area (Å²) in [4.78, 5) is 2.54. The van der Waals surface area contributed by atoms with E-state index in [1.165, 1.54) is 11.1 Å². The molecule has 7 nitrogen and oxygen atoms in total. The van der Waals surface area contributed by atoms with Gasteiger partial charge in [-0.05, 0) is 67.7 Å². The molecule has 0 spiro atoms. The number of methoxy groups -OCH3 is 4. The smallest absolute Gasteiger partial charge is 0.164 e. The molecule has 0 unspecified atom stereocenters. The van der Waals surface area contributed by atoms with Gasteiger partial charge in [-0.3, -0.25) is 0 Å². The molecule has 0 saturated heterocycles. The van der Waals surface area contributed by atoms with Gasteiger partial charge in [0, 0.05) is 25.7 Å². The molecule has 0 aromatic heterocycles. The van der Waals surface area contributed by atoms with Crippen molar-refractivity contribution < 1.29 is 23.7 Å². The van der Waals surface area contributed by atoms with Crippen molar-refractivity contribution in [1.29, 1.82) is 0 Å². The summed E-state index contributed by atoms with van der Waals surface area (Å²) >= 11 is 0. The van der Waals surface area contributed by atoms with E-state index in [-0.39, 0.29) is 0 Å². The molecular weight excluding hydrogens is 408 g/mol. The summed E-state index contributed by atoms with van der Waals surface area (Å²) in [5.41, 5.74) is 2.74. The number of benzene rings is 2. The molecule has 0 amide bonds. The minimum Gasteiger partial charge on any atom is -0.493 e. The molecule has 0 aliphatic carbocycles. The first-order chi connectivity index (χ1) is 15.7. The van der Waals surface area contributed by atoms with Crippen LogP contribution in [0.25, 0.3) is 0 Å². The standard InChI is InChI=1S/C25H36N2O5/c1-28-22-7-6-21(18-25(22)31-4)32-15-11-26-10-5-12-27-13-8-19-16-23(29-2)24(30-3)17-20(19)9-14-27/h6-7,16-18,26H,5,8-15H2,1-4H3. The van der Waals surface area contributed by atoms with Crippen molar-refractivity contribution >= 4 is 0 Å². The van der Waals surface area contributed by atoms with Gasteiger partial charge in [-0.1, -0.05) is 0 Å². The molecule has 0 bridgehead atoms. The van der Waals surface area contributed by atoms with E-state index in [4.69, 9.17) is 23.7 Å². The molecule has 3 rings (SSSR count). The molecule has 1 aliphatic heterocycles. The van der Waals surface area contributed by atoms with E-state index in [1.54, 1.807) is 28.4 Å². The third kappa shape index (κ3) is 6.43. The summed E-state index contributed by atoms with van der Waals surface area (Å²) in [7, 11) is 6.64. The van der Waals surface area contributed by atoms with Gasteiger partial charge < -0.3 is 33.9 Å². The molecule has 0 fully saturated rings. The minimum absolute atomic E-state index is 0.609. The molecule has 176 valence electrons. The quantitative estimate of drug-likeness (QED) is 0.505. The molecule has 0 saturated carbocycles. The maximum absolute atomic E-state index is 5.81. The molecule has 2 aromatic carbocycles. The second-order valence-electron chi connectivity index (χ2n) is 7.79. The Morgan fingerprint density at radius 1 is 0.750 bits per heavy atom. The second-order valence-corrected chi connectivity index (χ2v) is 7.79. The first-order valence-corrected chi connectivity index (χ1v) is 11.2. The van der Waals surface area contributed by atoms with Crippen molar-refractivity contribution in [3.05, 3.63) is 41.5 Å². The molecule has 0 atom stereocenters. The van der Waals surface area contributed by atoms with Gasteiger partial charge in [0.25, 0.3) is 0 Å². The highest BCUT2D eigenvalue weighted by molar-refractivity contribution is 5.48. The Morgan fingerprint density at radius 3 is 1.94 bits per heavy atom. The van der Waals surface area contributed by atoms with E-state index >= 15 is 0 Å². The van der Waals surface area contributed by atoms with Crippen LogP contribution in [-0.2, 0) is 12.8 Å². The summed E-state index contributed by atoms with van der Waals surface area (Å²) in [5, 5.41) is 3.47. The number of ether oxygens (including phenoxy) is 5. The van der Waals surface area contributed by atoms with Gasteiger partial charge >= 0.3 is 0 Å². The van der Waals surface area contributed by atoms with Crippen molar-refractivity contribution in [2.75, 3.05) is 67.8 Å². The summed E-state index contributed by atoms with van der Waals surface area (Å²) < 4.78 is 27.3. The maximum atomic E-state index is 5.81. The van der Waals surface area contributed by atoms with Crippen LogP contribution in [0.4, 0.5) is 0 Å². The Hall–Kier alpha value is -2.64. The molecule has 32 heavy (non-hydrogen) atoms. The van der Waals surface area contributed by atoms with E-state index in [2.05, 4.69) is 22.3 Å². The van der Waals surface area contributed by atoms with Crippen LogP contribution < -0.4 is 29.0 Å². The van der Waals surface area contributed by atoms with Crippen LogP contribution in [0, 0.1) is 0 Å². The average molecular weight is 445 g/mol. The predicted octanol–water partition coefficient (Wildman–Crippen LogP) is 3.18. The van der Waals surface area contributed by atoms with Gasteiger partial charge in [-0.15, -0.1) is 0 Å². The number of nitrogens with zero attached hydrogens (tertiary/aromatic N) is 1. The van der Waals surface area contributed by atoms with Crippen LogP contribution >= 0.6 is 0 Å². The van der Waals surface area contributed by atoms with Crippen LogP contribution in [0.5, 0.6) is 28.7 Å². The lowest BCUT2D eigenvalue weighted by molar-refractivity contribution is 0.277. The molecule has 7 heteroatoms. The Bertz CT molecular complexity index is 823. The van der Waals surface area contributed by atoms with Gasteiger partial charge in [-0.2, -0.15) is 0 Å². The van der Waals surface area contributed by atoms with Gasteiger partial charge in [0.1, 0.15) is 12.4 Å². The van der Waals surface area contributed by atoms with Gasteiger partial charge in [0.2, 0.25) is 0 Å². The normalized spacial score (nSPS) is 13.8. The topological polar surface area (TPSA) is 61.4 Å². The number of hydrogen-bond donors (Lipinski definition) is 1. The van der Waals surface area contributed by atoms with Crippen LogP contribution in [0.1, 0.15) is 17.5 Å². The van der Waals surface area contributed by atoms with E-state index in [0.717, 1.165) is 69.2 Å². The number of hydrogen-bond acceptors (Lipinski definition) is 7. The summed E-state index contributed by atoms with van der Waals surface area (Å²) in [6.07, 6.45) is 3.20. The maximum Gasteiger partial charge on any atom is 0.164 e. The zero-order valence-corrected chi connectivity index (χ0v) is 19.7. The summed E-state index contributed by atoms with van der Waals surface area (Å²) in [5.74, 6) is 3.79. The van der Waals surface area contributed by atoms with Crippen molar-refractivity contribution in [1.82, 2.24) is 10.2 Å². The van der Waals surface area contributed by atoms with E-state index in [9.17, 15) is 0 Å². The first kappa shape index (κ1) is 24.0. The molecule has 1 N–H and O–H groups in total. The zero-order valence-electron chi connectivity index (χ0n) is 19.7. The van der Waals surface area contributed by atoms with Crippen molar-refractivity contribution in [2.24, 2.45) is 0 Å². The average Bonchev–Trinajstić information content (AvgIpc) is 3.03. The Labute approximate surface area is 191 Å². The third-order valence-electron chi connectivity index (χ3n) is 5.83. The van der Waals surface area contributed by atoms with Crippen molar-refractivity contribution in [2.45, 2.75) is 19.3 Å². The van der Waals surface area contributed by atoms with E-state index in [0.29, 0.717) is 18.1 Å². The van der Waals surface area contributed by atoms with Crippen LogP contribution in [-0.4, -0.2) is 72.7 Å². The monoisotopic (exact) mass is 444 g/mol. The summed E-state index contributed by atoms with van der Waals surface area (Å²) in [6, 6.07) is 9.87. The highest BCUT2D eigenvalue weighted by Gasteiger charge is 2.17. The molecule has 1 heterocycles. The molecule has 2 aromatic rings. The van der Waals surface area contributed by atoms with Gasteiger partial charge in [-0.25, -0.2) is 0 Å². The highest BCUT2D eigenvalue weighted by atomic mass is 16.5. The fourth-order valence-corrected chi connectivity index (χ4v) is 4.02. The first-order valence-electron chi connectivity index (χ1n) is 11.2. The molecule has 1 aliphatic rings. The lowest BCUT2D eigenvalue weighted by Gasteiger charge is -2.19. The fraction of sp³-hybridized carbons (Fsp3) is 0.520. The Balaban J connectivity index is 1.33. The van der Waals surface area contributed by atoms with Crippen LogP contribution in [0.2, 0.25) is 0 Å². The highest BCUT2D eigenvalue weighted by Crippen LogP contribution is 2.32. The SMILES string of the molecule is COc1ccc(OCCNCCCN2CCc3cc(OC)c(OC)cc3CC2)cc1OC. The van der Waals surface area contributed by atoms with E-state index in [1.807, 2.05) is 18.2 Å².